The first kappa shape index (κ1) is 19.5. The molecule has 0 atom stereocenters. The average molecular weight is 393 g/mol. The molecular weight excluding hydrogens is 366 g/mol. The van der Waals surface area contributed by atoms with Crippen LogP contribution in [0.25, 0.3) is 11.0 Å². The average Bonchev–Trinajstić information content (AvgIpc) is 3.05. The number of hydrogen-bond donors (Lipinski definition) is 1. The summed E-state index contributed by atoms with van der Waals surface area (Å²) < 4.78 is 11.1. The highest BCUT2D eigenvalue weighted by Crippen LogP contribution is 2.29. The molecule has 2 aromatic carbocycles. The van der Waals surface area contributed by atoms with E-state index in [9.17, 15) is 4.79 Å². The molecule has 6 nitrogen and oxygen atoms in total. The fourth-order valence-electron chi connectivity index (χ4n) is 3.81. The number of benzene rings is 2. The Morgan fingerprint density at radius 3 is 2.69 bits per heavy atom. The standard InChI is InChI=1S/C23H27N3O3/c1-16-22(20-14-19(28-3)7-8-21(20)29-16)23(27)24-18-6-4-5-17(13-18)15-26-11-9-25(2)10-12-26/h4-8,13-14H,9-12,15H2,1-3H3,(H,24,27). The Kier molecular flexibility index (Phi) is 5.56. The number of ether oxygens (including phenoxy) is 1. The third-order valence-corrected chi connectivity index (χ3v) is 5.49. The Balaban J connectivity index is 1.51. The molecule has 1 aliphatic rings. The predicted octanol–water partition coefficient (Wildman–Crippen LogP) is 3.75. The summed E-state index contributed by atoms with van der Waals surface area (Å²) >= 11 is 0. The second kappa shape index (κ2) is 8.27. The number of nitrogens with one attached hydrogen (secondary N) is 1. The van der Waals surface area contributed by atoms with Crippen molar-refractivity contribution in [3.63, 3.8) is 0 Å². The van der Waals surface area contributed by atoms with Gasteiger partial charge in [-0.15, -0.1) is 0 Å². The minimum absolute atomic E-state index is 0.175. The van der Waals surface area contributed by atoms with Gasteiger partial charge in [0.25, 0.3) is 5.91 Å². The maximum Gasteiger partial charge on any atom is 0.259 e. The van der Waals surface area contributed by atoms with E-state index in [0.29, 0.717) is 22.7 Å². The highest BCUT2D eigenvalue weighted by molar-refractivity contribution is 6.13. The minimum Gasteiger partial charge on any atom is -0.497 e. The third-order valence-electron chi connectivity index (χ3n) is 5.49. The molecule has 1 aromatic heterocycles. The zero-order chi connectivity index (χ0) is 20.4. The third kappa shape index (κ3) is 4.28. The summed E-state index contributed by atoms with van der Waals surface area (Å²) in [5, 5.41) is 3.79. The molecule has 4 rings (SSSR count). The number of amides is 1. The Morgan fingerprint density at radius 2 is 1.93 bits per heavy atom. The number of carbonyl (C=O) groups excluding carboxylic acids is 1. The number of aryl methyl sites for hydroxylation is 1. The molecule has 0 radical (unpaired) electrons. The number of furan rings is 1. The lowest BCUT2D eigenvalue weighted by atomic mass is 10.1. The summed E-state index contributed by atoms with van der Waals surface area (Å²) in [6.45, 7) is 7.01. The van der Waals surface area contributed by atoms with Gasteiger partial charge in [-0.2, -0.15) is 0 Å². The van der Waals surface area contributed by atoms with E-state index in [-0.39, 0.29) is 5.91 Å². The molecule has 0 aliphatic carbocycles. The predicted molar refractivity (Wildman–Crippen MR) is 115 cm³/mol. The van der Waals surface area contributed by atoms with E-state index in [1.165, 1.54) is 5.56 Å². The quantitative estimate of drug-likeness (QED) is 0.715. The summed E-state index contributed by atoms with van der Waals surface area (Å²) in [5.74, 6) is 1.12. The van der Waals surface area contributed by atoms with Gasteiger partial charge in [0.2, 0.25) is 0 Å². The van der Waals surface area contributed by atoms with Gasteiger partial charge in [0, 0.05) is 43.8 Å². The number of likely N-dealkylation sites (N-methyl/N-ethyl adjacent to an activating group) is 1. The number of methoxy groups -OCH3 is 1. The van der Waals surface area contributed by atoms with Crippen molar-refractivity contribution in [1.82, 2.24) is 9.80 Å². The number of rotatable bonds is 5. The first-order chi connectivity index (χ1) is 14.0. The van der Waals surface area contributed by atoms with E-state index in [4.69, 9.17) is 9.15 Å². The van der Waals surface area contributed by atoms with E-state index in [2.05, 4.69) is 34.3 Å². The molecule has 6 heteroatoms. The van der Waals surface area contributed by atoms with Gasteiger partial charge in [0.15, 0.2) is 0 Å². The first-order valence-corrected chi connectivity index (χ1v) is 9.92. The lowest BCUT2D eigenvalue weighted by Gasteiger charge is -2.32. The number of piperazine rings is 1. The van der Waals surface area contributed by atoms with Crippen LogP contribution in [0.5, 0.6) is 5.75 Å². The van der Waals surface area contributed by atoms with Gasteiger partial charge in [-0.3, -0.25) is 9.69 Å². The highest BCUT2D eigenvalue weighted by Gasteiger charge is 2.19. The van der Waals surface area contributed by atoms with Crippen molar-refractivity contribution in [2.75, 3.05) is 45.7 Å². The lowest BCUT2D eigenvalue weighted by Crippen LogP contribution is -2.43. The smallest absolute Gasteiger partial charge is 0.259 e. The van der Waals surface area contributed by atoms with Gasteiger partial charge < -0.3 is 19.4 Å². The van der Waals surface area contributed by atoms with E-state index < -0.39 is 0 Å². The van der Waals surface area contributed by atoms with Crippen LogP contribution < -0.4 is 10.1 Å². The molecule has 1 aliphatic heterocycles. The summed E-state index contributed by atoms with van der Waals surface area (Å²) in [5.41, 5.74) is 3.21. The van der Waals surface area contributed by atoms with Crippen LogP contribution >= 0.6 is 0 Å². The Hall–Kier alpha value is -2.83. The van der Waals surface area contributed by atoms with Crippen molar-refractivity contribution in [3.05, 3.63) is 59.4 Å². The molecule has 29 heavy (non-hydrogen) atoms. The van der Waals surface area contributed by atoms with E-state index in [1.807, 2.05) is 37.3 Å². The molecule has 0 spiro atoms. The monoisotopic (exact) mass is 393 g/mol. The van der Waals surface area contributed by atoms with Gasteiger partial charge in [-0.05, 0) is 49.9 Å². The van der Waals surface area contributed by atoms with Crippen molar-refractivity contribution in [3.8, 4) is 5.75 Å². The topological polar surface area (TPSA) is 58.0 Å². The Labute approximate surface area is 171 Å². The Bertz CT molecular complexity index is 1020. The largest absolute Gasteiger partial charge is 0.497 e. The van der Waals surface area contributed by atoms with Crippen molar-refractivity contribution < 1.29 is 13.9 Å². The number of carbonyl (C=O) groups is 1. The number of nitrogens with zero attached hydrogens (tertiary/aromatic N) is 2. The molecule has 0 saturated carbocycles. The maximum atomic E-state index is 13.0. The van der Waals surface area contributed by atoms with Crippen molar-refractivity contribution in [2.24, 2.45) is 0 Å². The molecule has 3 aromatic rings. The molecule has 0 bridgehead atoms. The summed E-state index contributed by atoms with van der Waals surface area (Å²) in [6.07, 6.45) is 0. The van der Waals surface area contributed by atoms with E-state index in [0.717, 1.165) is 43.8 Å². The van der Waals surface area contributed by atoms with Gasteiger partial charge in [-0.25, -0.2) is 0 Å². The lowest BCUT2D eigenvalue weighted by molar-refractivity contribution is 0.102. The maximum absolute atomic E-state index is 13.0. The van der Waals surface area contributed by atoms with Crippen LogP contribution in [0.15, 0.2) is 46.9 Å². The second-order valence-electron chi connectivity index (χ2n) is 7.63. The fourth-order valence-corrected chi connectivity index (χ4v) is 3.81. The molecule has 1 amide bonds. The summed E-state index contributed by atoms with van der Waals surface area (Å²) in [4.78, 5) is 17.8. The molecule has 1 fully saturated rings. The number of hydrogen-bond acceptors (Lipinski definition) is 5. The summed E-state index contributed by atoms with van der Waals surface area (Å²) in [7, 11) is 3.77. The molecule has 1 N–H and O–H groups in total. The van der Waals surface area contributed by atoms with Gasteiger partial charge in [-0.1, -0.05) is 12.1 Å². The van der Waals surface area contributed by atoms with Crippen LogP contribution in [0, 0.1) is 6.92 Å². The summed E-state index contributed by atoms with van der Waals surface area (Å²) in [6, 6.07) is 13.6. The molecule has 0 unspecified atom stereocenters. The van der Waals surface area contributed by atoms with Crippen LogP contribution in [-0.2, 0) is 6.54 Å². The van der Waals surface area contributed by atoms with Crippen LogP contribution in [0.1, 0.15) is 21.7 Å². The van der Waals surface area contributed by atoms with Gasteiger partial charge >= 0.3 is 0 Å². The van der Waals surface area contributed by atoms with Crippen molar-refractivity contribution >= 4 is 22.6 Å². The normalized spacial score (nSPS) is 15.6. The van der Waals surface area contributed by atoms with E-state index >= 15 is 0 Å². The molecular formula is C23H27N3O3. The second-order valence-corrected chi connectivity index (χ2v) is 7.63. The van der Waals surface area contributed by atoms with Gasteiger partial charge in [0.05, 0.1) is 12.7 Å². The van der Waals surface area contributed by atoms with Crippen LogP contribution in [0.4, 0.5) is 5.69 Å². The van der Waals surface area contributed by atoms with Crippen molar-refractivity contribution in [1.29, 1.82) is 0 Å². The zero-order valence-corrected chi connectivity index (χ0v) is 17.2. The van der Waals surface area contributed by atoms with Crippen LogP contribution in [-0.4, -0.2) is 56.0 Å². The zero-order valence-electron chi connectivity index (χ0n) is 17.2. The molecule has 1 saturated heterocycles. The Morgan fingerprint density at radius 1 is 1.14 bits per heavy atom. The molecule has 2 heterocycles. The number of anilines is 1. The minimum atomic E-state index is -0.175. The number of fused-ring (bicyclic) bond motifs is 1. The SMILES string of the molecule is COc1ccc2oc(C)c(C(=O)Nc3cccc(CN4CCN(C)CC4)c3)c2c1. The van der Waals surface area contributed by atoms with Crippen molar-refractivity contribution in [2.45, 2.75) is 13.5 Å². The van der Waals surface area contributed by atoms with Crippen LogP contribution in [0.2, 0.25) is 0 Å². The fraction of sp³-hybridized carbons (Fsp3) is 0.348. The van der Waals surface area contributed by atoms with Gasteiger partial charge in [0.1, 0.15) is 17.1 Å². The van der Waals surface area contributed by atoms with Crippen LogP contribution in [0.3, 0.4) is 0 Å². The molecule has 152 valence electrons. The van der Waals surface area contributed by atoms with E-state index in [1.54, 1.807) is 7.11 Å². The first-order valence-electron chi connectivity index (χ1n) is 9.92. The highest BCUT2D eigenvalue weighted by atomic mass is 16.5.